The smallest absolute Gasteiger partial charge is 0.271 e. The molecule has 6 heteroatoms. The van der Waals surface area contributed by atoms with Crippen LogP contribution in [0.2, 0.25) is 0 Å². The summed E-state index contributed by atoms with van der Waals surface area (Å²) in [5, 5.41) is 19.7. The van der Waals surface area contributed by atoms with Gasteiger partial charge in [-0.1, -0.05) is 0 Å². The number of halogens is 1. The third-order valence-electron chi connectivity index (χ3n) is 1.65. The number of phenols is 1. The molecule has 0 aliphatic heterocycles. The molecular formula is C8H11ClN2O3. The lowest BCUT2D eigenvalue weighted by Crippen LogP contribution is -2.08. The van der Waals surface area contributed by atoms with Crippen molar-refractivity contribution in [2.24, 2.45) is 0 Å². The van der Waals surface area contributed by atoms with Crippen molar-refractivity contribution in [2.45, 2.75) is 0 Å². The zero-order valence-electron chi connectivity index (χ0n) is 7.80. The fourth-order valence-electron chi connectivity index (χ4n) is 0.984. The minimum absolute atomic E-state index is 0. The van der Waals surface area contributed by atoms with Crippen molar-refractivity contribution in [3.63, 3.8) is 0 Å². The SMILES string of the molecule is CN(C)c1cc([N+](=O)[O-])ccc1O.Cl. The van der Waals surface area contributed by atoms with Crippen LogP contribution in [0.25, 0.3) is 0 Å². The minimum Gasteiger partial charge on any atom is -0.506 e. The first-order chi connectivity index (χ1) is 6.02. The van der Waals surface area contributed by atoms with Crippen molar-refractivity contribution in [2.75, 3.05) is 19.0 Å². The Bertz CT molecular complexity index is 341. The standard InChI is InChI=1S/C8H10N2O3.ClH/c1-9(2)7-5-6(10(12)13)3-4-8(7)11;/h3-5,11H,1-2H3;1H. The Hall–Kier alpha value is -1.49. The summed E-state index contributed by atoms with van der Waals surface area (Å²) in [6.45, 7) is 0. The predicted octanol–water partition coefficient (Wildman–Crippen LogP) is 1.79. The molecule has 78 valence electrons. The molecule has 0 atom stereocenters. The van der Waals surface area contributed by atoms with Crippen LogP contribution < -0.4 is 4.90 Å². The maximum absolute atomic E-state index is 10.4. The molecule has 0 spiro atoms. The second kappa shape index (κ2) is 4.66. The molecule has 1 N–H and O–H groups in total. The maximum atomic E-state index is 10.4. The van der Waals surface area contributed by atoms with Gasteiger partial charge in [-0.05, 0) is 6.07 Å². The monoisotopic (exact) mass is 218 g/mol. The molecule has 1 aromatic rings. The highest BCUT2D eigenvalue weighted by atomic mass is 35.5. The van der Waals surface area contributed by atoms with Gasteiger partial charge in [0.1, 0.15) is 5.75 Å². The van der Waals surface area contributed by atoms with E-state index in [4.69, 9.17) is 0 Å². The lowest BCUT2D eigenvalue weighted by molar-refractivity contribution is -0.384. The summed E-state index contributed by atoms with van der Waals surface area (Å²) in [5.41, 5.74) is 0.413. The summed E-state index contributed by atoms with van der Waals surface area (Å²) in [5.74, 6) is 0.0376. The van der Waals surface area contributed by atoms with Crippen molar-refractivity contribution in [3.8, 4) is 5.75 Å². The maximum Gasteiger partial charge on any atom is 0.271 e. The van der Waals surface area contributed by atoms with E-state index < -0.39 is 4.92 Å². The van der Waals surface area contributed by atoms with Crippen LogP contribution in [0.1, 0.15) is 0 Å². The first kappa shape index (κ1) is 12.5. The van der Waals surface area contributed by atoms with E-state index in [0.717, 1.165) is 0 Å². The highest BCUT2D eigenvalue weighted by Crippen LogP contribution is 2.29. The van der Waals surface area contributed by atoms with Crippen LogP contribution in [-0.4, -0.2) is 24.1 Å². The lowest BCUT2D eigenvalue weighted by atomic mass is 10.2. The second-order valence-corrected chi connectivity index (χ2v) is 2.82. The third kappa shape index (κ3) is 2.50. The molecule has 1 rings (SSSR count). The summed E-state index contributed by atoms with van der Waals surface area (Å²) in [6.07, 6.45) is 0. The van der Waals surface area contributed by atoms with Crippen molar-refractivity contribution in [3.05, 3.63) is 28.3 Å². The van der Waals surface area contributed by atoms with E-state index in [2.05, 4.69) is 0 Å². The van der Waals surface area contributed by atoms with Gasteiger partial charge in [-0.2, -0.15) is 0 Å². The van der Waals surface area contributed by atoms with Gasteiger partial charge in [0.2, 0.25) is 0 Å². The number of nitro benzene ring substituents is 1. The van der Waals surface area contributed by atoms with E-state index in [1.165, 1.54) is 18.2 Å². The van der Waals surface area contributed by atoms with Crippen molar-refractivity contribution in [1.29, 1.82) is 0 Å². The largest absolute Gasteiger partial charge is 0.506 e. The predicted molar refractivity (Wildman–Crippen MR) is 56.3 cm³/mol. The fourth-order valence-corrected chi connectivity index (χ4v) is 0.984. The molecule has 0 bridgehead atoms. The number of hydrogen-bond acceptors (Lipinski definition) is 4. The Kier molecular flexibility index (Phi) is 4.17. The summed E-state index contributed by atoms with van der Waals surface area (Å²) >= 11 is 0. The molecule has 0 heterocycles. The average Bonchev–Trinajstić information content (AvgIpc) is 2.04. The molecule has 0 radical (unpaired) electrons. The Morgan fingerprint density at radius 1 is 1.43 bits per heavy atom. The van der Waals surface area contributed by atoms with Crippen molar-refractivity contribution < 1.29 is 10.0 Å². The van der Waals surface area contributed by atoms with Crippen LogP contribution in [0.15, 0.2) is 18.2 Å². The van der Waals surface area contributed by atoms with Gasteiger partial charge in [-0.15, -0.1) is 12.4 Å². The number of nitro groups is 1. The molecule has 0 aromatic heterocycles. The molecule has 0 amide bonds. The highest BCUT2D eigenvalue weighted by molar-refractivity contribution is 5.85. The molecule has 0 saturated heterocycles. The van der Waals surface area contributed by atoms with Crippen molar-refractivity contribution in [1.82, 2.24) is 0 Å². The van der Waals surface area contributed by atoms with E-state index >= 15 is 0 Å². The number of phenolic OH excluding ortho intramolecular Hbond substituents is 1. The Balaban J connectivity index is 0.00000169. The number of anilines is 1. The van der Waals surface area contributed by atoms with E-state index in [1.54, 1.807) is 19.0 Å². The van der Waals surface area contributed by atoms with Crippen LogP contribution in [-0.2, 0) is 0 Å². The Morgan fingerprint density at radius 2 is 2.00 bits per heavy atom. The van der Waals surface area contributed by atoms with Crippen LogP contribution in [0, 0.1) is 10.1 Å². The van der Waals surface area contributed by atoms with E-state index in [-0.39, 0.29) is 23.8 Å². The normalized spacial score (nSPS) is 9.00. The zero-order valence-corrected chi connectivity index (χ0v) is 8.61. The number of nitrogens with zero attached hydrogens (tertiary/aromatic N) is 2. The average molecular weight is 219 g/mol. The number of rotatable bonds is 2. The Labute approximate surface area is 87.5 Å². The van der Waals surface area contributed by atoms with Gasteiger partial charge < -0.3 is 10.0 Å². The van der Waals surface area contributed by atoms with Gasteiger partial charge in [-0.3, -0.25) is 10.1 Å². The number of hydrogen-bond donors (Lipinski definition) is 1. The number of non-ortho nitro benzene ring substituents is 1. The third-order valence-corrected chi connectivity index (χ3v) is 1.65. The molecule has 0 aliphatic rings. The summed E-state index contributed by atoms with van der Waals surface area (Å²) in [4.78, 5) is 11.5. The van der Waals surface area contributed by atoms with Gasteiger partial charge in [0.15, 0.2) is 0 Å². The quantitative estimate of drug-likeness (QED) is 0.607. The molecule has 1 aromatic carbocycles. The second-order valence-electron chi connectivity index (χ2n) is 2.82. The molecule has 0 saturated carbocycles. The van der Waals surface area contributed by atoms with E-state index in [9.17, 15) is 15.2 Å². The molecule has 0 aliphatic carbocycles. The topological polar surface area (TPSA) is 66.6 Å². The van der Waals surface area contributed by atoms with Gasteiger partial charge in [-0.25, -0.2) is 0 Å². The van der Waals surface area contributed by atoms with Crippen LogP contribution >= 0.6 is 12.4 Å². The van der Waals surface area contributed by atoms with Gasteiger partial charge >= 0.3 is 0 Å². The lowest BCUT2D eigenvalue weighted by Gasteiger charge is -2.13. The first-order valence-corrected chi connectivity index (χ1v) is 3.67. The van der Waals surface area contributed by atoms with Gasteiger partial charge in [0.05, 0.1) is 10.6 Å². The van der Waals surface area contributed by atoms with E-state index in [0.29, 0.717) is 5.69 Å². The van der Waals surface area contributed by atoms with Crippen LogP contribution in [0.3, 0.4) is 0 Å². The summed E-state index contributed by atoms with van der Waals surface area (Å²) < 4.78 is 0. The fraction of sp³-hybridized carbons (Fsp3) is 0.250. The highest BCUT2D eigenvalue weighted by Gasteiger charge is 2.10. The van der Waals surface area contributed by atoms with Crippen LogP contribution in [0.4, 0.5) is 11.4 Å². The molecule has 0 unspecified atom stereocenters. The van der Waals surface area contributed by atoms with Gasteiger partial charge in [0, 0.05) is 26.2 Å². The molecule has 14 heavy (non-hydrogen) atoms. The molecule has 0 fully saturated rings. The molecule has 5 nitrogen and oxygen atoms in total. The number of aromatic hydroxyl groups is 1. The minimum atomic E-state index is -0.494. The Morgan fingerprint density at radius 3 is 2.43 bits per heavy atom. The van der Waals surface area contributed by atoms with Gasteiger partial charge in [0.25, 0.3) is 5.69 Å². The van der Waals surface area contributed by atoms with Crippen LogP contribution in [0.5, 0.6) is 5.75 Å². The summed E-state index contributed by atoms with van der Waals surface area (Å²) in [6, 6.07) is 3.91. The number of benzene rings is 1. The van der Waals surface area contributed by atoms with E-state index in [1.807, 2.05) is 0 Å². The van der Waals surface area contributed by atoms with Crippen molar-refractivity contribution >= 4 is 23.8 Å². The molecular weight excluding hydrogens is 208 g/mol. The zero-order chi connectivity index (χ0) is 10.0. The first-order valence-electron chi connectivity index (χ1n) is 3.67. The summed E-state index contributed by atoms with van der Waals surface area (Å²) in [7, 11) is 3.41.